The third-order valence-electron chi connectivity index (χ3n) is 0.877. The van der Waals surface area contributed by atoms with Crippen LogP contribution in [0.5, 0.6) is 0 Å². The molecule has 0 unspecified atom stereocenters. The highest BCUT2D eigenvalue weighted by molar-refractivity contribution is 6.30. The molecule has 1 aromatic heterocycles. The molecule has 0 atom stereocenters. The van der Waals surface area contributed by atoms with E-state index in [1.54, 1.807) is 11.7 Å². The summed E-state index contributed by atoms with van der Waals surface area (Å²) in [5, 5.41) is 4.37. The van der Waals surface area contributed by atoms with E-state index in [2.05, 4.69) is 11.3 Å². The van der Waals surface area contributed by atoms with Crippen molar-refractivity contribution < 1.29 is 0 Å². The zero-order valence-corrected chi connectivity index (χ0v) is 5.53. The second-order valence-electron chi connectivity index (χ2n) is 1.65. The van der Waals surface area contributed by atoms with Crippen molar-refractivity contribution in [2.45, 2.75) is 6.92 Å². The first-order valence-electron chi connectivity index (χ1n) is 2.28. The van der Waals surface area contributed by atoms with Gasteiger partial charge in [0, 0.05) is 12.6 Å². The number of aromatic nitrogens is 2. The number of rotatable bonds is 0. The fourth-order valence-electron chi connectivity index (χ4n) is 0.521. The van der Waals surface area contributed by atoms with Crippen molar-refractivity contribution in [2.75, 3.05) is 0 Å². The predicted molar refractivity (Wildman–Crippen MR) is 31.8 cm³/mol. The second-order valence-corrected chi connectivity index (χ2v) is 2.01. The third kappa shape index (κ3) is 0.842. The summed E-state index contributed by atoms with van der Waals surface area (Å²) in [7, 11) is 1.79. The van der Waals surface area contributed by atoms with E-state index in [0.717, 1.165) is 5.56 Å². The smallest absolute Gasteiger partial charge is 0.154 e. The number of nitrogens with zero attached hydrogens (tertiary/aromatic N) is 2. The molecule has 0 saturated heterocycles. The van der Waals surface area contributed by atoms with Gasteiger partial charge < -0.3 is 0 Å². The quantitative estimate of drug-likeness (QED) is 0.515. The van der Waals surface area contributed by atoms with Crippen LogP contribution in [0.25, 0.3) is 0 Å². The lowest BCUT2D eigenvalue weighted by molar-refractivity contribution is 0.761. The molecule has 43 valence electrons. The van der Waals surface area contributed by atoms with Crippen LogP contribution < -0.4 is 0 Å². The average Bonchev–Trinajstić information content (AvgIpc) is 1.85. The van der Waals surface area contributed by atoms with Gasteiger partial charge in [-0.2, -0.15) is 5.10 Å². The summed E-state index contributed by atoms with van der Waals surface area (Å²) in [6, 6.07) is 0. The summed E-state index contributed by atoms with van der Waals surface area (Å²) in [6.07, 6.45) is 2.88. The minimum absolute atomic E-state index is 0.535. The number of halogens is 1. The topological polar surface area (TPSA) is 17.8 Å². The Kier molecular flexibility index (Phi) is 1.26. The normalized spacial score (nSPS) is 9.88. The van der Waals surface area contributed by atoms with E-state index < -0.39 is 0 Å². The molecular weight excluding hydrogens is 124 g/mol. The van der Waals surface area contributed by atoms with Crippen molar-refractivity contribution in [3.8, 4) is 0 Å². The molecule has 8 heavy (non-hydrogen) atoms. The Labute approximate surface area is 53.1 Å². The largest absolute Gasteiger partial charge is 0.265 e. The summed E-state index contributed by atoms with van der Waals surface area (Å²) in [5.41, 5.74) is 0.897. The van der Waals surface area contributed by atoms with Crippen LogP contribution in [0.3, 0.4) is 0 Å². The van der Waals surface area contributed by atoms with Crippen molar-refractivity contribution in [3.63, 3.8) is 0 Å². The maximum Gasteiger partial charge on any atom is 0.154 e. The molecule has 2 nitrogen and oxygen atoms in total. The first-order chi connectivity index (χ1) is 3.70. The van der Waals surface area contributed by atoms with Gasteiger partial charge in [-0.1, -0.05) is 11.6 Å². The highest BCUT2D eigenvalue weighted by Crippen LogP contribution is 2.08. The van der Waals surface area contributed by atoms with E-state index >= 15 is 0 Å². The lowest BCUT2D eigenvalue weighted by Crippen LogP contribution is -1.85. The van der Waals surface area contributed by atoms with Gasteiger partial charge in [0.2, 0.25) is 0 Å². The summed E-state index contributed by atoms with van der Waals surface area (Å²) in [6.45, 7) is 1.87. The van der Waals surface area contributed by atoms with Crippen molar-refractivity contribution in [2.24, 2.45) is 7.05 Å². The molecule has 0 saturated carbocycles. The van der Waals surface area contributed by atoms with Gasteiger partial charge in [0.15, 0.2) is 5.15 Å². The number of hydrogen-bond acceptors (Lipinski definition) is 1. The van der Waals surface area contributed by atoms with Crippen molar-refractivity contribution >= 4 is 11.6 Å². The van der Waals surface area contributed by atoms with Crippen LogP contribution in [0.2, 0.25) is 5.15 Å². The van der Waals surface area contributed by atoms with Crippen LogP contribution in [-0.4, -0.2) is 9.78 Å². The van der Waals surface area contributed by atoms with E-state index in [1.165, 1.54) is 0 Å². The number of aryl methyl sites for hydroxylation is 2. The molecule has 1 radical (unpaired) electrons. The lowest BCUT2D eigenvalue weighted by atomic mass is 10.4. The van der Waals surface area contributed by atoms with Gasteiger partial charge in [-0.3, -0.25) is 4.68 Å². The van der Waals surface area contributed by atoms with Gasteiger partial charge in [-0.05, 0) is 6.92 Å². The van der Waals surface area contributed by atoms with Gasteiger partial charge in [0.1, 0.15) is 0 Å². The first kappa shape index (κ1) is 5.63. The van der Waals surface area contributed by atoms with E-state index in [1.807, 2.05) is 6.92 Å². The van der Waals surface area contributed by atoms with E-state index in [-0.39, 0.29) is 0 Å². The van der Waals surface area contributed by atoms with Crippen molar-refractivity contribution in [3.05, 3.63) is 16.9 Å². The molecule has 3 heteroatoms. The van der Waals surface area contributed by atoms with Gasteiger partial charge in [0.25, 0.3) is 0 Å². The van der Waals surface area contributed by atoms with Crippen LogP contribution in [0.15, 0.2) is 0 Å². The Morgan fingerprint density at radius 3 is 2.50 bits per heavy atom. The highest BCUT2D eigenvalue weighted by Gasteiger charge is 1.96. The van der Waals surface area contributed by atoms with E-state index in [9.17, 15) is 0 Å². The van der Waals surface area contributed by atoms with Gasteiger partial charge in [-0.25, -0.2) is 0 Å². The maximum atomic E-state index is 5.57. The molecule has 0 fully saturated rings. The monoisotopic (exact) mass is 129 g/mol. The van der Waals surface area contributed by atoms with Gasteiger partial charge >= 0.3 is 0 Å². The second kappa shape index (κ2) is 1.78. The molecule has 1 rings (SSSR count). The molecule has 0 N–H and O–H groups in total. The van der Waals surface area contributed by atoms with E-state index in [0.29, 0.717) is 5.15 Å². The molecular formula is C5H6ClN2. The Hall–Kier alpha value is -0.500. The minimum Gasteiger partial charge on any atom is -0.265 e. The molecule has 0 bridgehead atoms. The summed E-state index contributed by atoms with van der Waals surface area (Å²) in [4.78, 5) is 0. The summed E-state index contributed by atoms with van der Waals surface area (Å²) >= 11 is 5.57. The first-order valence-corrected chi connectivity index (χ1v) is 2.66. The van der Waals surface area contributed by atoms with Crippen LogP contribution in [0.1, 0.15) is 5.56 Å². The van der Waals surface area contributed by atoms with Gasteiger partial charge in [0.05, 0.1) is 6.20 Å². The SMILES string of the molecule is Cc1[c]n(C)nc1Cl. The van der Waals surface area contributed by atoms with Crippen LogP contribution in [-0.2, 0) is 7.05 Å². The number of hydrogen-bond donors (Lipinski definition) is 0. The predicted octanol–water partition coefficient (Wildman–Crippen LogP) is 1.18. The fourth-order valence-corrected chi connectivity index (χ4v) is 0.676. The molecule has 1 heterocycles. The molecule has 0 aliphatic heterocycles. The zero-order chi connectivity index (χ0) is 6.15. The third-order valence-corrected chi connectivity index (χ3v) is 1.24. The summed E-state index contributed by atoms with van der Waals surface area (Å²) < 4.78 is 1.57. The Bertz CT molecular complexity index is 173. The van der Waals surface area contributed by atoms with Crippen LogP contribution >= 0.6 is 11.6 Å². The standard InChI is InChI=1S/C5H6ClN2/c1-4-3-8(2)7-5(4)6/h1-2H3. The zero-order valence-electron chi connectivity index (χ0n) is 4.77. The molecule has 0 spiro atoms. The molecule has 1 aromatic rings. The van der Waals surface area contributed by atoms with Crippen LogP contribution in [0.4, 0.5) is 0 Å². The highest BCUT2D eigenvalue weighted by atomic mass is 35.5. The Morgan fingerprint density at radius 2 is 2.38 bits per heavy atom. The average molecular weight is 130 g/mol. The maximum absolute atomic E-state index is 5.57. The van der Waals surface area contributed by atoms with Crippen molar-refractivity contribution in [1.82, 2.24) is 9.78 Å². The molecule has 0 aliphatic carbocycles. The van der Waals surface area contributed by atoms with E-state index in [4.69, 9.17) is 11.6 Å². The molecule has 0 aromatic carbocycles. The Balaban J connectivity index is 3.14. The molecule has 0 amide bonds. The Morgan fingerprint density at radius 1 is 1.75 bits per heavy atom. The van der Waals surface area contributed by atoms with Crippen molar-refractivity contribution in [1.29, 1.82) is 0 Å². The summed E-state index contributed by atoms with van der Waals surface area (Å²) in [5.74, 6) is 0. The lowest BCUT2D eigenvalue weighted by Gasteiger charge is -1.77. The molecule has 0 aliphatic rings. The fraction of sp³-hybridized carbons (Fsp3) is 0.400. The minimum atomic E-state index is 0.535. The van der Waals surface area contributed by atoms with Gasteiger partial charge in [-0.15, -0.1) is 0 Å². The van der Waals surface area contributed by atoms with Crippen LogP contribution in [0, 0.1) is 13.1 Å².